The summed E-state index contributed by atoms with van der Waals surface area (Å²) in [7, 11) is 0. The molecule has 0 radical (unpaired) electrons. The van der Waals surface area contributed by atoms with Crippen molar-refractivity contribution in [3.05, 3.63) is 71.4 Å². The third-order valence-electron chi connectivity index (χ3n) is 5.67. The minimum Gasteiger partial charge on any atom is -0.361 e. The van der Waals surface area contributed by atoms with E-state index in [-0.39, 0.29) is 11.8 Å². The van der Waals surface area contributed by atoms with E-state index in [1.54, 1.807) is 24.3 Å². The van der Waals surface area contributed by atoms with Crippen LogP contribution in [0.1, 0.15) is 46.0 Å². The van der Waals surface area contributed by atoms with Gasteiger partial charge in [-0.2, -0.15) is 0 Å². The predicted molar refractivity (Wildman–Crippen MR) is 115 cm³/mol. The molecule has 5 heteroatoms. The fourth-order valence-electron chi connectivity index (χ4n) is 4.10. The summed E-state index contributed by atoms with van der Waals surface area (Å²) < 4.78 is 0. The number of carbonyl (C=O) groups excluding carboxylic acids is 2. The summed E-state index contributed by atoms with van der Waals surface area (Å²) in [6, 6.07) is 15.2. The average Bonchev–Trinajstić information content (AvgIpc) is 3.16. The summed E-state index contributed by atoms with van der Waals surface area (Å²) in [5, 5.41) is 4.16. The highest BCUT2D eigenvalue weighted by Crippen LogP contribution is 2.19. The summed E-state index contributed by atoms with van der Waals surface area (Å²) in [4.78, 5) is 30.6. The summed E-state index contributed by atoms with van der Waals surface area (Å²) in [6.07, 6.45) is 4.96. The normalized spacial score (nSPS) is 16.7. The molecule has 1 aliphatic rings. The first-order chi connectivity index (χ1) is 14.1. The summed E-state index contributed by atoms with van der Waals surface area (Å²) in [6.45, 7) is 4.31. The van der Waals surface area contributed by atoms with Crippen molar-refractivity contribution in [1.29, 1.82) is 0 Å². The molecule has 1 aromatic heterocycles. The Morgan fingerprint density at radius 2 is 1.97 bits per heavy atom. The Balaban J connectivity index is 1.37. The maximum atomic E-state index is 12.8. The lowest BCUT2D eigenvalue weighted by Gasteiger charge is -2.31. The van der Waals surface area contributed by atoms with Gasteiger partial charge in [0.15, 0.2) is 0 Å². The van der Waals surface area contributed by atoms with Crippen molar-refractivity contribution >= 4 is 22.7 Å². The van der Waals surface area contributed by atoms with Crippen LogP contribution in [0.25, 0.3) is 10.9 Å². The molecule has 29 heavy (non-hydrogen) atoms. The van der Waals surface area contributed by atoms with Gasteiger partial charge in [-0.25, -0.2) is 0 Å². The van der Waals surface area contributed by atoms with E-state index in [0.717, 1.165) is 31.4 Å². The number of piperidine rings is 1. The van der Waals surface area contributed by atoms with E-state index in [1.807, 2.05) is 29.3 Å². The fraction of sp³-hybridized carbons (Fsp3) is 0.333. The SMILES string of the molecule is CC1CCCN(C(=O)c2cccc(C(=O)NCCc3c[nH]c4ccccc34)c2)C1. The zero-order valence-corrected chi connectivity index (χ0v) is 16.8. The van der Waals surface area contributed by atoms with Gasteiger partial charge in [0.05, 0.1) is 0 Å². The molecule has 150 valence electrons. The number of hydrogen-bond donors (Lipinski definition) is 2. The second-order valence-electron chi connectivity index (χ2n) is 7.94. The van der Waals surface area contributed by atoms with Crippen molar-refractivity contribution in [1.82, 2.24) is 15.2 Å². The lowest BCUT2D eigenvalue weighted by atomic mass is 9.99. The molecule has 0 bridgehead atoms. The Labute approximate surface area is 171 Å². The molecule has 4 rings (SSSR count). The van der Waals surface area contributed by atoms with Gasteiger partial charge in [0, 0.05) is 47.9 Å². The van der Waals surface area contributed by atoms with Crippen molar-refractivity contribution in [3.63, 3.8) is 0 Å². The van der Waals surface area contributed by atoms with E-state index in [2.05, 4.69) is 23.3 Å². The van der Waals surface area contributed by atoms with Gasteiger partial charge in [0.25, 0.3) is 11.8 Å². The molecule has 2 aromatic carbocycles. The van der Waals surface area contributed by atoms with Crippen molar-refractivity contribution in [2.75, 3.05) is 19.6 Å². The average molecular weight is 389 g/mol. The minimum absolute atomic E-state index is 0.0185. The summed E-state index contributed by atoms with van der Waals surface area (Å²) in [5.41, 5.74) is 3.40. The van der Waals surface area contributed by atoms with Crippen LogP contribution in [0.3, 0.4) is 0 Å². The second kappa shape index (κ2) is 8.52. The van der Waals surface area contributed by atoms with E-state index in [0.29, 0.717) is 23.6 Å². The second-order valence-corrected chi connectivity index (χ2v) is 7.94. The molecule has 0 saturated carbocycles. The first-order valence-corrected chi connectivity index (χ1v) is 10.3. The maximum Gasteiger partial charge on any atom is 0.253 e. The van der Waals surface area contributed by atoms with Gasteiger partial charge in [-0.3, -0.25) is 9.59 Å². The first kappa shape index (κ1) is 19.2. The van der Waals surface area contributed by atoms with Crippen molar-refractivity contribution in [3.8, 4) is 0 Å². The molecule has 1 saturated heterocycles. The number of benzene rings is 2. The number of fused-ring (bicyclic) bond motifs is 1. The van der Waals surface area contributed by atoms with Crippen LogP contribution < -0.4 is 5.32 Å². The number of likely N-dealkylation sites (tertiary alicyclic amines) is 1. The number of nitrogens with one attached hydrogen (secondary N) is 2. The molecule has 0 spiro atoms. The van der Waals surface area contributed by atoms with Crippen molar-refractivity contribution in [2.45, 2.75) is 26.2 Å². The minimum atomic E-state index is -0.147. The Kier molecular flexibility index (Phi) is 5.65. The first-order valence-electron chi connectivity index (χ1n) is 10.3. The highest BCUT2D eigenvalue weighted by Gasteiger charge is 2.22. The van der Waals surface area contributed by atoms with Crippen molar-refractivity contribution in [2.24, 2.45) is 5.92 Å². The third-order valence-corrected chi connectivity index (χ3v) is 5.67. The molecule has 2 amide bonds. The van der Waals surface area contributed by atoms with Gasteiger partial charge in [-0.05, 0) is 55.0 Å². The van der Waals surface area contributed by atoms with Crippen LogP contribution in [0, 0.1) is 5.92 Å². The highest BCUT2D eigenvalue weighted by molar-refractivity contribution is 5.99. The van der Waals surface area contributed by atoms with E-state index in [1.165, 1.54) is 17.4 Å². The number of nitrogens with zero attached hydrogens (tertiary/aromatic N) is 1. The van der Waals surface area contributed by atoms with Gasteiger partial charge < -0.3 is 15.2 Å². The third kappa shape index (κ3) is 4.34. The van der Waals surface area contributed by atoms with E-state index in [4.69, 9.17) is 0 Å². The smallest absolute Gasteiger partial charge is 0.253 e. The number of carbonyl (C=O) groups is 2. The number of amides is 2. The molecule has 2 heterocycles. The van der Waals surface area contributed by atoms with Crippen molar-refractivity contribution < 1.29 is 9.59 Å². The monoisotopic (exact) mass is 389 g/mol. The van der Waals surface area contributed by atoms with Gasteiger partial charge in [0.2, 0.25) is 0 Å². The summed E-state index contributed by atoms with van der Waals surface area (Å²) >= 11 is 0. The molecule has 0 aliphatic carbocycles. The van der Waals surface area contributed by atoms with Crippen LogP contribution in [0.15, 0.2) is 54.7 Å². The van der Waals surface area contributed by atoms with E-state index < -0.39 is 0 Å². The molecule has 1 aliphatic heterocycles. The molecule has 1 unspecified atom stereocenters. The molecule has 1 atom stereocenters. The van der Waals surface area contributed by atoms with Crippen LogP contribution in [-0.2, 0) is 6.42 Å². The molecule has 1 fully saturated rings. The quantitative estimate of drug-likeness (QED) is 0.692. The number of H-pyrrole nitrogens is 1. The van der Waals surface area contributed by atoms with E-state index >= 15 is 0 Å². The number of aromatic nitrogens is 1. The Morgan fingerprint density at radius 1 is 1.14 bits per heavy atom. The lowest BCUT2D eigenvalue weighted by molar-refractivity contribution is 0.0683. The topological polar surface area (TPSA) is 65.2 Å². The van der Waals surface area contributed by atoms with Crippen LogP contribution in [0.4, 0.5) is 0 Å². The lowest BCUT2D eigenvalue weighted by Crippen LogP contribution is -2.39. The number of para-hydroxylation sites is 1. The van der Waals surface area contributed by atoms with Crippen LogP contribution >= 0.6 is 0 Å². The molecule has 3 aromatic rings. The summed E-state index contributed by atoms with van der Waals surface area (Å²) in [5.74, 6) is 0.403. The molecule has 5 nitrogen and oxygen atoms in total. The maximum absolute atomic E-state index is 12.8. The van der Waals surface area contributed by atoms with Crippen LogP contribution in [0.5, 0.6) is 0 Å². The number of hydrogen-bond acceptors (Lipinski definition) is 2. The number of rotatable bonds is 5. The molecular weight excluding hydrogens is 362 g/mol. The van der Waals surface area contributed by atoms with Gasteiger partial charge >= 0.3 is 0 Å². The zero-order chi connectivity index (χ0) is 20.2. The van der Waals surface area contributed by atoms with Gasteiger partial charge in [-0.15, -0.1) is 0 Å². The van der Waals surface area contributed by atoms with Gasteiger partial charge in [0.1, 0.15) is 0 Å². The fourth-order valence-corrected chi connectivity index (χ4v) is 4.10. The Morgan fingerprint density at radius 3 is 2.83 bits per heavy atom. The van der Waals surface area contributed by atoms with Crippen LogP contribution in [0.2, 0.25) is 0 Å². The van der Waals surface area contributed by atoms with E-state index in [9.17, 15) is 9.59 Å². The largest absolute Gasteiger partial charge is 0.361 e. The molecular formula is C24H27N3O2. The standard InChI is InChI=1S/C24H27N3O2/c1-17-6-5-13-27(16-17)24(29)19-8-4-7-18(14-19)23(28)25-12-11-20-15-26-22-10-3-2-9-21(20)22/h2-4,7-10,14-15,17,26H,5-6,11-13,16H2,1H3,(H,25,28). The molecule has 2 N–H and O–H groups in total. The van der Waals surface area contributed by atoms with Crippen LogP contribution in [-0.4, -0.2) is 41.3 Å². The Hall–Kier alpha value is -3.08. The Bertz CT molecular complexity index is 1020. The number of aromatic amines is 1. The van der Waals surface area contributed by atoms with Gasteiger partial charge in [-0.1, -0.05) is 31.2 Å². The highest BCUT2D eigenvalue weighted by atomic mass is 16.2. The zero-order valence-electron chi connectivity index (χ0n) is 16.8. The predicted octanol–water partition coefficient (Wildman–Crippen LogP) is 4.01.